The van der Waals surface area contributed by atoms with Crippen molar-refractivity contribution in [3.8, 4) is 0 Å². The number of hydrogen-bond acceptors (Lipinski definition) is 0. The molecule has 2 aliphatic rings. The summed E-state index contributed by atoms with van der Waals surface area (Å²) in [4.78, 5) is 0. The van der Waals surface area contributed by atoms with E-state index >= 15 is 0 Å². The molecule has 0 spiro atoms. The molecule has 0 nitrogen and oxygen atoms in total. The summed E-state index contributed by atoms with van der Waals surface area (Å²) >= 11 is -5.62. The van der Waals surface area contributed by atoms with Crippen LogP contribution in [-0.2, 0) is 15.8 Å². The van der Waals surface area contributed by atoms with Crippen LogP contribution in [0.4, 0.5) is 0 Å². The van der Waals surface area contributed by atoms with Crippen LogP contribution >= 0.6 is 0 Å². The van der Waals surface area contributed by atoms with Crippen LogP contribution in [0, 0.1) is 5.41 Å². The minimum atomic E-state index is -5.62. The Bertz CT molecular complexity index is 958. The van der Waals surface area contributed by atoms with Gasteiger partial charge in [0.05, 0.1) is 0 Å². The van der Waals surface area contributed by atoms with Gasteiger partial charge in [0.2, 0.25) is 0 Å². The number of benzene rings is 1. The van der Waals surface area contributed by atoms with Crippen LogP contribution in [0.5, 0.6) is 0 Å². The molecular formula is C25H41Hf. The van der Waals surface area contributed by atoms with E-state index in [1.54, 1.807) is 0 Å². The van der Waals surface area contributed by atoms with Crippen molar-refractivity contribution < 1.29 is 12.6 Å². The van der Waals surface area contributed by atoms with Gasteiger partial charge in [-0.2, -0.15) is 0 Å². The van der Waals surface area contributed by atoms with E-state index in [0.29, 0.717) is 3.67 Å². The fourth-order valence-electron chi connectivity index (χ4n) is 8.59. The van der Waals surface area contributed by atoms with Crippen molar-refractivity contribution >= 4 is 6.08 Å². The molecule has 0 saturated carbocycles. The Morgan fingerprint density at radius 2 is 1.31 bits per heavy atom. The molecular weight excluding hydrogens is 479 g/mol. The summed E-state index contributed by atoms with van der Waals surface area (Å²) in [5, 5.41) is 0. The molecule has 0 bridgehead atoms. The van der Waals surface area contributed by atoms with Gasteiger partial charge in [0.25, 0.3) is 0 Å². The monoisotopic (exact) mass is 521 g/mol. The van der Waals surface area contributed by atoms with Crippen LogP contribution in [-0.4, -0.2) is 0 Å². The Balaban J connectivity index is 2.76. The van der Waals surface area contributed by atoms with Crippen molar-refractivity contribution in [3.05, 3.63) is 65.8 Å². The van der Waals surface area contributed by atoms with Gasteiger partial charge in [-0.05, 0) is 0 Å². The molecule has 3 rings (SSSR count). The summed E-state index contributed by atoms with van der Waals surface area (Å²) in [6.07, 6.45) is 14.4. The number of hydrogen-bond donors (Lipinski definition) is 0. The van der Waals surface area contributed by atoms with E-state index in [1.165, 1.54) is 11.1 Å². The van der Waals surface area contributed by atoms with E-state index < -0.39 is 12.6 Å². The molecule has 1 aromatic carbocycles. The van der Waals surface area contributed by atoms with E-state index in [2.05, 4.69) is 114 Å². The van der Waals surface area contributed by atoms with Gasteiger partial charge in [-0.1, -0.05) is 0 Å². The molecule has 0 heterocycles. The van der Waals surface area contributed by atoms with Gasteiger partial charge in [0.15, 0.2) is 0 Å². The Kier molecular flexibility index (Phi) is 2.32. The standard InChI is InChI=1S/C13H15.C5H5.7CH3.Hf/c1-13(2,3)12-9-8-10-6-4-5-7-11(10)12;1-2-4-5-3-1;;;;;;;;/h4-9H,1-3H3;1-5H;7*1H3;. The third-order valence-corrected chi connectivity index (χ3v) is 54.4. The summed E-state index contributed by atoms with van der Waals surface area (Å²) in [7, 11) is 0. The first-order chi connectivity index (χ1) is 11.0. The van der Waals surface area contributed by atoms with E-state index in [-0.39, 0.29) is 8.59 Å². The number of allylic oxidation sites excluding steroid dienone is 5. The van der Waals surface area contributed by atoms with Gasteiger partial charge in [-0.25, -0.2) is 0 Å². The van der Waals surface area contributed by atoms with Crippen molar-refractivity contribution in [3.63, 3.8) is 0 Å². The SMILES string of the molecule is CC(C)(C)[C]1([Hf]([CH3])([CH3])([CH3])([CH3])([CH3])([CH3])([CH3])[CH]2C=CC=C2)C=Cc2ccccc21. The van der Waals surface area contributed by atoms with Crippen LogP contribution < -0.4 is 0 Å². The van der Waals surface area contributed by atoms with Gasteiger partial charge < -0.3 is 0 Å². The van der Waals surface area contributed by atoms with Crippen LogP contribution in [0.15, 0.2) is 54.6 Å². The van der Waals surface area contributed by atoms with Gasteiger partial charge in [-0.3, -0.25) is 0 Å². The average Bonchev–Trinajstić information content (AvgIpc) is 3.05. The van der Waals surface area contributed by atoms with E-state index in [9.17, 15) is 0 Å². The third kappa shape index (κ3) is 1.89. The molecule has 26 heavy (non-hydrogen) atoms. The summed E-state index contributed by atoms with van der Waals surface area (Å²) < 4.78 is 19.2. The van der Waals surface area contributed by atoms with E-state index in [0.717, 1.165) is 0 Å². The Labute approximate surface area is 149 Å². The zero-order valence-electron chi connectivity index (χ0n) is 18.9. The second kappa shape index (κ2) is 3.00. The second-order valence-corrected chi connectivity index (χ2v) is 129. The molecule has 1 unspecified atom stereocenters. The first-order valence-corrected chi connectivity index (χ1v) is 39.5. The molecule has 0 N–H and O–H groups in total. The maximum atomic E-state index is 2.70. The van der Waals surface area contributed by atoms with Crippen molar-refractivity contribution in [2.45, 2.75) is 60.4 Å². The fourth-order valence-corrected chi connectivity index (χ4v) is 55.1. The third-order valence-electron chi connectivity index (χ3n) is 9.32. The predicted octanol–water partition coefficient (Wildman–Crippen LogP) is 9.04. The van der Waals surface area contributed by atoms with E-state index in [1.807, 2.05) is 0 Å². The normalized spacial score (nSPS) is 31.2. The van der Waals surface area contributed by atoms with Crippen LogP contribution in [0.3, 0.4) is 0 Å². The first kappa shape index (κ1) is 20.1. The Morgan fingerprint density at radius 3 is 1.81 bits per heavy atom. The van der Waals surface area contributed by atoms with E-state index in [4.69, 9.17) is 0 Å². The molecule has 1 heteroatoms. The Hall–Kier alpha value is -0.690. The topological polar surface area (TPSA) is 0 Å². The second-order valence-electron chi connectivity index (χ2n) is 20.7. The van der Waals surface area contributed by atoms with Crippen molar-refractivity contribution in [1.29, 1.82) is 0 Å². The molecule has 0 fully saturated rings. The minimum absolute atomic E-state index is 0.0433. The summed E-state index contributed by atoms with van der Waals surface area (Å²) in [5.74, 6) is 0. The molecule has 2 aliphatic carbocycles. The van der Waals surface area contributed by atoms with Gasteiger partial charge in [0, 0.05) is 0 Å². The van der Waals surface area contributed by atoms with Crippen molar-refractivity contribution in [2.24, 2.45) is 5.41 Å². The van der Waals surface area contributed by atoms with Crippen molar-refractivity contribution in [1.82, 2.24) is 0 Å². The summed E-state index contributed by atoms with van der Waals surface area (Å²) in [6, 6.07) is 9.08. The van der Waals surface area contributed by atoms with Crippen LogP contribution in [0.25, 0.3) is 6.08 Å². The van der Waals surface area contributed by atoms with Crippen LogP contribution in [0.2, 0.25) is 36.4 Å². The molecule has 145 valence electrons. The molecule has 0 aliphatic heterocycles. The first-order valence-electron chi connectivity index (χ1n) is 10.4. The van der Waals surface area contributed by atoms with Crippen LogP contribution in [0.1, 0.15) is 31.9 Å². The molecule has 0 amide bonds. The predicted molar refractivity (Wildman–Crippen MR) is 120 cm³/mol. The molecule has 1 atom stereocenters. The summed E-state index contributed by atoms with van der Waals surface area (Å²) in [6.45, 7) is 7.34. The Morgan fingerprint density at radius 1 is 0.808 bits per heavy atom. The number of fused-ring (bicyclic) bond motifs is 1. The zero-order chi connectivity index (χ0) is 20.1. The molecule has 1 aromatic rings. The number of rotatable bonds is 2. The summed E-state index contributed by atoms with van der Waals surface area (Å²) in [5.41, 5.74) is 2.93. The fraction of sp³-hybridized carbons (Fsp3) is 0.520. The molecule has 0 aromatic heterocycles. The average molecular weight is 520 g/mol. The molecule has 0 radical (unpaired) electrons. The maximum absolute atomic E-state index is 5.62. The quantitative estimate of drug-likeness (QED) is 0.342. The zero-order valence-corrected chi connectivity index (χ0v) is 22.4. The van der Waals surface area contributed by atoms with Gasteiger partial charge in [-0.15, -0.1) is 0 Å². The van der Waals surface area contributed by atoms with Gasteiger partial charge >= 0.3 is 150 Å². The van der Waals surface area contributed by atoms with Crippen molar-refractivity contribution in [2.75, 3.05) is 0 Å². The molecule has 0 saturated heterocycles. The van der Waals surface area contributed by atoms with Gasteiger partial charge in [0.1, 0.15) is 0 Å².